The monoisotopic (exact) mass is 341 g/mol. The molecular weight excluding hydrogens is 325 g/mol. The minimum Gasteiger partial charge on any atom is -0.208 e. The number of benzene rings is 3. The summed E-state index contributed by atoms with van der Waals surface area (Å²) in [5.41, 5.74) is 3.14. The Labute approximate surface area is 151 Å². The van der Waals surface area contributed by atoms with E-state index in [0.29, 0.717) is 23.0 Å². The van der Waals surface area contributed by atoms with Gasteiger partial charge in [0.05, 0.1) is 0 Å². The predicted octanol–water partition coefficient (Wildman–Crippen LogP) is 5.32. The molecule has 0 amide bonds. The Bertz CT molecular complexity index is 990. The van der Waals surface area contributed by atoms with Gasteiger partial charge in [0.15, 0.2) is 17.5 Å². The zero-order valence-electron chi connectivity index (χ0n) is 14.2. The second-order valence-electron chi connectivity index (χ2n) is 6.00. The third-order valence-electron chi connectivity index (χ3n) is 4.12. The second-order valence-corrected chi connectivity index (χ2v) is 6.00. The molecule has 0 atom stereocenters. The van der Waals surface area contributed by atoms with E-state index in [0.717, 1.165) is 16.7 Å². The minimum absolute atomic E-state index is 0.241. The zero-order chi connectivity index (χ0) is 17.9. The summed E-state index contributed by atoms with van der Waals surface area (Å²) in [7, 11) is 0. The summed E-state index contributed by atoms with van der Waals surface area (Å²) in [5, 5.41) is 0. The van der Waals surface area contributed by atoms with Crippen LogP contribution >= 0.6 is 0 Å². The van der Waals surface area contributed by atoms with Crippen LogP contribution in [0.3, 0.4) is 0 Å². The van der Waals surface area contributed by atoms with Crippen LogP contribution in [0.25, 0.3) is 34.2 Å². The fraction of sp³-hybridized carbons (Fsp3) is 0.0455. The van der Waals surface area contributed by atoms with Gasteiger partial charge in [0.2, 0.25) is 0 Å². The molecule has 0 fully saturated rings. The van der Waals surface area contributed by atoms with Crippen molar-refractivity contribution in [3.63, 3.8) is 0 Å². The number of aryl methyl sites for hydroxylation is 1. The summed E-state index contributed by atoms with van der Waals surface area (Å²) in [6.07, 6.45) is 0. The third kappa shape index (κ3) is 3.22. The number of halogens is 1. The maximum absolute atomic E-state index is 13.6. The van der Waals surface area contributed by atoms with Crippen molar-refractivity contribution in [1.82, 2.24) is 15.0 Å². The first kappa shape index (κ1) is 16.1. The Hall–Kier alpha value is -3.40. The molecule has 0 spiro atoms. The molecule has 0 aliphatic heterocycles. The van der Waals surface area contributed by atoms with Crippen LogP contribution in [0.1, 0.15) is 5.56 Å². The molecule has 4 aromatic rings. The van der Waals surface area contributed by atoms with Crippen LogP contribution in [-0.2, 0) is 0 Å². The lowest BCUT2D eigenvalue weighted by molar-refractivity contribution is 0.618. The topological polar surface area (TPSA) is 38.7 Å². The molecule has 3 nitrogen and oxygen atoms in total. The molecule has 3 aromatic carbocycles. The average molecular weight is 341 g/mol. The highest BCUT2D eigenvalue weighted by Gasteiger charge is 2.12. The van der Waals surface area contributed by atoms with Crippen molar-refractivity contribution in [3.05, 3.63) is 90.2 Å². The molecule has 4 heteroatoms. The van der Waals surface area contributed by atoms with Gasteiger partial charge in [-0.15, -0.1) is 0 Å². The average Bonchev–Trinajstić information content (AvgIpc) is 2.71. The van der Waals surface area contributed by atoms with Gasteiger partial charge in [-0.3, -0.25) is 0 Å². The van der Waals surface area contributed by atoms with Gasteiger partial charge in [0, 0.05) is 16.7 Å². The summed E-state index contributed by atoms with van der Waals surface area (Å²) in [6.45, 7) is 1.73. The summed E-state index contributed by atoms with van der Waals surface area (Å²) < 4.78 is 13.6. The van der Waals surface area contributed by atoms with Crippen LogP contribution in [0.5, 0.6) is 0 Å². The van der Waals surface area contributed by atoms with E-state index in [1.807, 2.05) is 60.7 Å². The van der Waals surface area contributed by atoms with Crippen molar-refractivity contribution in [2.24, 2.45) is 0 Å². The number of rotatable bonds is 3. The number of aromatic nitrogens is 3. The van der Waals surface area contributed by atoms with Gasteiger partial charge in [0.25, 0.3) is 0 Å². The minimum atomic E-state index is -0.241. The predicted molar refractivity (Wildman–Crippen MR) is 101 cm³/mol. The lowest BCUT2D eigenvalue weighted by Crippen LogP contribution is -2.00. The van der Waals surface area contributed by atoms with E-state index < -0.39 is 0 Å². The molecule has 0 saturated carbocycles. The highest BCUT2D eigenvalue weighted by molar-refractivity contribution is 5.66. The molecule has 4 rings (SSSR count). The number of hydrogen-bond acceptors (Lipinski definition) is 3. The normalized spacial score (nSPS) is 10.7. The Balaban J connectivity index is 1.92. The van der Waals surface area contributed by atoms with Crippen molar-refractivity contribution in [1.29, 1.82) is 0 Å². The van der Waals surface area contributed by atoms with Crippen LogP contribution in [0.2, 0.25) is 0 Å². The Morgan fingerprint density at radius 1 is 0.577 bits per heavy atom. The van der Waals surface area contributed by atoms with E-state index in [1.165, 1.54) is 6.07 Å². The molecule has 0 radical (unpaired) electrons. The largest absolute Gasteiger partial charge is 0.208 e. The lowest BCUT2D eigenvalue weighted by Gasteiger charge is -2.09. The van der Waals surface area contributed by atoms with Crippen LogP contribution in [-0.4, -0.2) is 15.0 Å². The molecule has 0 aliphatic rings. The first-order valence-corrected chi connectivity index (χ1v) is 8.34. The Morgan fingerprint density at radius 2 is 1.04 bits per heavy atom. The molecule has 0 N–H and O–H groups in total. The van der Waals surface area contributed by atoms with E-state index >= 15 is 0 Å². The molecule has 1 heterocycles. The molecule has 126 valence electrons. The van der Waals surface area contributed by atoms with Gasteiger partial charge >= 0.3 is 0 Å². The maximum Gasteiger partial charge on any atom is 0.164 e. The van der Waals surface area contributed by atoms with Gasteiger partial charge in [-0.1, -0.05) is 60.7 Å². The summed E-state index contributed by atoms with van der Waals surface area (Å²) in [6, 6.07) is 24.4. The van der Waals surface area contributed by atoms with Gasteiger partial charge in [0.1, 0.15) is 5.82 Å². The van der Waals surface area contributed by atoms with Gasteiger partial charge < -0.3 is 0 Å². The maximum atomic E-state index is 13.6. The van der Waals surface area contributed by atoms with Gasteiger partial charge in [-0.2, -0.15) is 0 Å². The molecular formula is C22H16FN3. The van der Waals surface area contributed by atoms with E-state index in [4.69, 9.17) is 0 Å². The second kappa shape index (κ2) is 6.84. The van der Waals surface area contributed by atoms with Crippen LogP contribution in [0.4, 0.5) is 4.39 Å². The van der Waals surface area contributed by atoms with E-state index in [-0.39, 0.29) is 5.82 Å². The van der Waals surface area contributed by atoms with E-state index in [9.17, 15) is 4.39 Å². The quantitative estimate of drug-likeness (QED) is 0.506. The van der Waals surface area contributed by atoms with Crippen molar-refractivity contribution >= 4 is 0 Å². The van der Waals surface area contributed by atoms with Gasteiger partial charge in [-0.05, 0) is 30.7 Å². The molecule has 0 bridgehead atoms. The third-order valence-corrected chi connectivity index (χ3v) is 4.12. The highest BCUT2D eigenvalue weighted by atomic mass is 19.1. The van der Waals surface area contributed by atoms with Crippen LogP contribution in [0, 0.1) is 12.7 Å². The first-order chi connectivity index (χ1) is 12.7. The summed E-state index contributed by atoms with van der Waals surface area (Å²) >= 11 is 0. The molecule has 0 unspecified atom stereocenters. The Morgan fingerprint density at radius 3 is 1.50 bits per heavy atom. The van der Waals surface area contributed by atoms with E-state index in [2.05, 4.69) is 15.0 Å². The van der Waals surface area contributed by atoms with Gasteiger partial charge in [-0.25, -0.2) is 19.3 Å². The fourth-order valence-corrected chi connectivity index (χ4v) is 2.72. The standard InChI is InChI=1S/C22H16FN3/c1-15-14-18(12-13-19(15)23)22-25-20(16-8-4-2-5-9-16)24-21(26-22)17-10-6-3-7-11-17/h2-14H,1H3. The zero-order valence-corrected chi connectivity index (χ0v) is 14.2. The molecule has 0 saturated heterocycles. The fourth-order valence-electron chi connectivity index (χ4n) is 2.72. The van der Waals surface area contributed by atoms with Crippen LogP contribution in [0.15, 0.2) is 78.9 Å². The summed E-state index contributed by atoms with van der Waals surface area (Å²) in [5.74, 6) is 1.48. The van der Waals surface area contributed by atoms with Crippen molar-refractivity contribution < 1.29 is 4.39 Å². The molecule has 0 aliphatic carbocycles. The van der Waals surface area contributed by atoms with Crippen molar-refractivity contribution in [2.75, 3.05) is 0 Å². The number of hydrogen-bond donors (Lipinski definition) is 0. The Kier molecular flexibility index (Phi) is 4.23. The smallest absolute Gasteiger partial charge is 0.164 e. The first-order valence-electron chi connectivity index (χ1n) is 8.34. The molecule has 1 aromatic heterocycles. The van der Waals surface area contributed by atoms with Crippen LogP contribution < -0.4 is 0 Å². The number of nitrogens with zero attached hydrogens (tertiary/aromatic N) is 3. The van der Waals surface area contributed by atoms with Crippen molar-refractivity contribution in [2.45, 2.75) is 6.92 Å². The summed E-state index contributed by atoms with van der Waals surface area (Å²) in [4.78, 5) is 13.9. The lowest BCUT2D eigenvalue weighted by atomic mass is 10.1. The van der Waals surface area contributed by atoms with E-state index in [1.54, 1.807) is 19.1 Å². The SMILES string of the molecule is Cc1cc(-c2nc(-c3ccccc3)nc(-c3ccccc3)n2)ccc1F. The molecule has 26 heavy (non-hydrogen) atoms. The highest BCUT2D eigenvalue weighted by Crippen LogP contribution is 2.25. The van der Waals surface area contributed by atoms with Crippen molar-refractivity contribution in [3.8, 4) is 34.2 Å².